The molecule has 0 aliphatic heterocycles. The molecule has 0 radical (unpaired) electrons. The summed E-state index contributed by atoms with van der Waals surface area (Å²) in [4.78, 5) is 0. The Morgan fingerprint density at radius 2 is 1.85 bits per heavy atom. The first-order valence-corrected chi connectivity index (χ1v) is 6.33. The van der Waals surface area contributed by atoms with Crippen molar-refractivity contribution in [1.29, 1.82) is 0 Å². The third kappa shape index (κ3) is 3.35. The molecule has 4 heteroatoms. The van der Waals surface area contributed by atoms with Crippen LogP contribution in [0.25, 0.3) is 0 Å². The number of hydrogen-bond donors (Lipinski definition) is 2. The quantitative estimate of drug-likeness (QED) is 0.882. The first kappa shape index (κ1) is 14.5. The van der Waals surface area contributed by atoms with Gasteiger partial charge in [-0.2, -0.15) is 0 Å². The van der Waals surface area contributed by atoms with Crippen molar-refractivity contribution in [2.75, 3.05) is 6.61 Å². The third-order valence-electron chi connectivity index (χ3n) is 3.08. The van der Waals surface area contributed by atoms with Crippen molar-refractivity contribution in [1.82, 2.24) is 0 Å². The molecule has 0 saturated heterocycles. The molecule has 106 valence electrons. The number of rotatable bonds is 5. The van der Waals surface area contributed by atoms with Crippen LogP contribution >= 0.6 is 0 Å². The lowest BCUT2D eigenvalue weighted by atomic mass is 9.97. The average molecular weight is 276 g/mol. The van der Waals surface area contributed by atoms with Crippen molar-refractivity contribution in [2.24, 2.45) is 0 Å². The maximum Gasteiger partial charge on any atom is 0.165 e. The SMILES string of the molecule is CC(O)(COc1ccc(CO)cc1F)c1ccccc1. The molecular formula is C16H17FO3. The lowest BCUT2D eigenvalue weighted by Gasteiger charge is -2.24. The second-order valence-corrected chi connectivity index (χ2v) is 4.85. The standard InChI is InChI=1S/C16H17FO3/c1-16(19,13-5-3-2-4-6-13)11-20-15-8-7-12(10-18)9-14(15)17/h2-9,18-19H,10-11H2,1H3. The molecule has 0 spiro atoms. The lowest BCUT2D eigenvalue weighted by molar-refractivity contribution is 0.00641. The second kappa shape index (κ2) is 6.03. The van der Waals surface area contributed by atoms with Crippen LogP contribution in [-0.4, -0.2) is 16.8 Å². The van der Waals surface area contributed by atoms with Crippen molar-refractivity contribution in [3.8, 4) is 5.75 Å². The summed E-state index contributed by atoms with van der Waals surface area (Å²) in [5, 5.41) is 19.3. The van der Waals surface area contributed by atoms with Gasteiger partial charge in [0, 0.05) is 0 Å². The van der Waals surface area contributed by atoms with Crippen LogP contribution in [0.15, 0.2) is 48.5 Å². The van der Waals surface area contributed by atoms with E-state index in [4.69, 9.17) is 9.84 Å². The molecule has 3 nitrogen and oxygen atoms in total. The Balaban J connectivity index is 2.08. The summed E-state index contributed by atoms with van der Waals surface area (Å²) in [7, 11) is 0. The summed E-state index contributed by atoms with van der Waals surface area (Å²) < 4.78 is 19.0. The van der Waals surface area contributed by atoms with Crippen molar-refractivity contribution in [2.45, 2.75) is 19.1 Å². The lowest BCUT2D eigenvalue weighted by Crippen LogP contribution is -2.29. The summed E-state index contributed by atoms with van der Waals surface area (Å²) in [6, 6.07) is 13.3. The zero-order valence-corrected chi connectivity index (χ0v) is 11.2. The molecular weight excluding hydrogens is 259 g/mol. The third-order valence-corrected chi connectivity index (χ3v) is 3.08. The Morgan fingerprint density at radius 3 is 2.45 bits per heavy atom. The molecule has 1 unspecified atom stereocenters. The molecule has 2 aromatic carbocycles. The summed E-state index contributed by atoms with van der Waals surface area (Å²) in [6.45, 7) is 1.33. The van der Waals surface area contributed by atoms with Crippen molar-refractivity contribution in [3.63, 3.8) is 0 Å². The van der Waals surface area contributed by atoms with Crippen LogP contribution in [0.1, 0.15) is 18.1 Å². The van der Waals surface area contributed by atoms with Gasteiger partial charge >= 0.3 is 0 Å². The molecule has 0 fully saturated rings. The van der Waals surface area contributed by atoms with Gasteiger partial charge in [0.25, 0.3) is 0 Å². The van der Waals surface area contributed by atoms with E-state index in [1.807, 2.05) is 18.2 Å². The topological polar surface area (TPSA) is 49.7 Å². The maximum atomic E-state index is 13.7. The Labute approximate surface area is 117 Å². The summed E-state index contributed by atoms with van der Waals surface area (Å²) in [6.07, 6.45) is 0. The molecule has 2 aromatic rings. The Kier molecular flexibility index (Phi) is 4.37. The van der Waals surface area contributed by atoms with E-state index >= 15 is 0 Å². The van der Waals surface area contributed by atoms with E-state index in [1.54, 1.807) is 25.1 Å². The molecule has 0 aromatic heterocycles. The highest BCUT2D eigenvalue weighted by molar-refractivity contribution is 5.29. The van der Waals surface area contributed by atoms with Gasteiger partial charge in [0.2, 0.25) is 0 Å². The fourth-order valence-electron chi connectivity index (χ4n) is 1.86. The van der Waals surface area contributed by atoms with Crippen molar-refractivity contribution >= 4 is 0 Å². The van der Waals surface area contributed by atoms with Crippen LogP contribution in [0.4, 0.5) is 4.39 Å². The maximum absolute atomic E-state index is 13.7. The second-order valence-electron chi connectivity index (χ2n) is 4.85. The number of aliphatic hydroxyl groups is 2. The monoisotopic (exact) mass is 276 g/mol. The average Bonchev–Trinajstić information content (AvgIpc) is 2.47. The number of halogens is 1. The first-order chi connectivity index (χ1) is 9.53. The summed E-state index contributed by atoms with van der Waals surface area (Å²) >= 11 is 0. The molecule has 0 heterocycles. The van der Waals surface area contributed by atoms with Gasteiger partial charge in [-0.3, -0.25) is 0 Å². The zero-order valence-electron chi connectivity index (χ0n) is 11.2. The van der Waals surface area contributed by atoms with E-state index in [1.165, 1.54) is 12.1 Å². The highest BCUT2D eigenvalue weighted by Gasteiger charge is 2.24. The van der Waals surface area contributed by atoms with Gasteiger partial charge < -0.3 is 14.9 Å². The fourth-order valence-corrected chi connectivity index (χ4v) is 1.86. The molecule has 2 N–H and O–H groups in total. The van der Waals surface area contributed by atoms with E-state index in [0.29, 0.717) is 11.1 Å². The molecule has 0 bridgehead atoms. The zero-order chi connectivity index (χ0) is 14.6. The minimum absolute atomic E-state index is 0.0541. The van der Waals surface area contributed by atoms with E-state index in [2.05, 4.69) is 0 Å². The van der Waals surface area contributed by atoms with Gasteiger partial charge in [-0.15, -0.1) is 0 Å². The Morgan fingerprint density at radius 1 is 1.15 bits per heavy atom. The summed E-state index contributed by atoms with van der Waals surface area (Å²) in [5.74, 6) is -0.501. The van der Waals surface area contributed by atoms with Crippen molar-refractivity contribution in [3.05, 3.63) is 65.5 Å². The molecule has 2 rings (SSSR count). The molecule has 0 aliphatic rings. The molecule has 0 saturated carbocycles. The largest absolute Gasteiger partial charge is 0.487 e. The van der Waals surface area contributed by atoms with Crippen LogP contribution in [0, 0.1) is 5.82 Å². The molecule has 20 heavy (non-hydrogen) atoms. The van der Waals surface area contributed by atoms with Crippen LogP contribution in [0.5, 0.6) is 5.75 Å². The molecule has 0 amide bonds. The van der Waals surface area contributed by atoms with Crippen molar-refractivity contribution < 1.29 is 19.3 Å². The van der Waals surface area contributed by atoms with E-state index in [-0.39, 0.29) is 19.0 Å². The van der Waals surface area contributed by atoms with Crippen LogP contribution in [0.3, 0.4) is 0 Å². The van der Waals surface area contributed by atoms with Gasteiger partial charge in [0.15, 0.2) is 11.6 Å². The minimum atomic E-state index is -1.21. The number of benzene rings is 2. The van der Waals surface area contributed by atoms with Crippen LogP contribution < -0.4 is 4.74 Å². The highest BCUT2D eigenvalue weighted by Crippen LogP contribution is 2.24. The van der Waals surface area contributed by atoms with Gasteiger partial charge in [-0.25, -0.2) is 4.39 Å². The van der Waals surface area contributed by atoms with Crippen LogP contribution in [-0.2, 0) is 12.2 Å². The smallest absolute Gasteiger partial charge is 0.165 e. The van der Waals surface area contributed by atoms with Gasteiger partial charge in [-0.1, -0.05) is 36.4 Å². The van der Waals surface area contributed by atoms with E-state index < -0.39 is 11.4 Å². The minimum Gasteiger partial charge on any atom is -0.487 e. The van der Waals surface area contributed by atoms with E-state index in [9.17, 15) is 9.50 Å². The first-order valence-electron chi connectivity index (χ1n) is 6.33. The predicted octanol–water partition coefficient (Wildman–Crippen LogP) is 2.60. The predicted molar refractivity (Wildman–Crippen MR) is 73.8 cm³/mol. The molecule has 1 atom stereocenters. The van der Waals surface area contributed by atoms with E-state index in [0.717, 1.165) is 0 Å². The van der Waals surface area contributed by atoms with Crippen LogP contribution in [0.2, 0.25) is 0 Å². The van der Waals surface area contributed by atoms with Gasteiger partial charge in [-0.05, 0) is 30.2 Å². The Hall–Kier alpha value is -1.91. The Bertz CT molecular complexity index is 567. The molecule has 0 aliphatic carbocycles. The number of hydrogen-bond acceptors (Lipinski definition) is 3. The summed E-state index contributed by atoms with van der Waals surface area (Å²) in [5.41, 5.74) is -0.0272. The van der Waals surface area contributed by atoms with Gasteiger partial charge in [0.05, 0.1) is 6.61 Å². The van der Waals surface area contributed by atoms with Gasteiger partial charge in [0.1, 0.15) is 12.2 Å². The number of aliphatic hydroxyl groups excluding tert-OH is 1. The number of ether oxygens (including phenoxy) is 1. The normalized spacial score (nSPS) is 13.8. The fraction of sp³-hybridized carbons (Fsp3) is 0.250. The highest BCUT2D eigenvalue weighted by atomic mass is 19.1.